The minimum atomic E-state index is -0.903. The first-order valence-corrected chi connectivity index (χ1v) is 24.8. The molecule has 0 aliphatic carbocycles. The molecule has 11 aromatic carbocycles. The molecule has 0 fully saturated rings. The molecule has 6 heteroatoms. The Kier molecular flexibility index (Phi) is 6.22. The second-order valence-corrected chi connectivity index (χ2v) is 19.7. The third-order valence-corrected chi connectivity index (χ3v) is 16.2. The highest BCUT2D eigenvalue weighted by Crippen LogP contribution is 2.55. The molecule has 0 aliphatic rings. The molecule has 0 bridgehead atoms. The topological polar surface area (TPSA) is 38.0 Å². The Labute approximate surface area is 458 Å². The van der Waals surface area contributed by atoms with E-state index < -0.39 is 175 Å². The van der Waals surface area contributed by atoms with Crippen LogP contribution in [0.15, 0.2) is 230 Å². The number of thiophene rings is 2. The van der Waals surface area contributed by atoms with Gasteiger partial charge in [0.05, 0.1) is 79.7 Å². The fourth-order valence-corrected chi connectivity index (χ4v) is 13.2. The molecule has 0 saturated heterocycles. The highest BCUT2D eigenvalue weighted by molar-refractivity contribution is 7.27. The standard InChI is InChI=1S/C68H38N4S2/c1-70-62-60(43-22-10-4-11-23-43)55(40-69)63(61(44-24-12-5-13-25-44)66(62)71-56-28-16-14-26-47(56)48-27-15-17-29-57(48)71)72-64-49(32-34-51-53-38-45(41-18-6-2-7-19-41)30-36-58(53)73-67(51)64)50-33-35-52-54-39-46(42-20-8-3-9-21-42)31-37-59(54)74-68(52)65(50)72/h2-39H/i4D,5D,10D,11D,12D,13D,14D,15D,16D,17D,22D,23D,24D,25D,26D,27D,28D,29D. The molecule has 15 rings (SSSR count). The predicted octanol–water partition coefficient (Wildman–Crippen LogP) is 19.7. The van der Waals surface area contributed by atoms with E-state index in [2.05, 4.69) is 23.0 Å². The van der Waals surface area contributed by atoms with Crippen LogP contribution < -0.4 is 0 Å². The van der Waals surface area contributed by atoms with Gasteiger partial charge in [-0.3, -0.25) is 0 Å². The first kappa shape index (κ1) is 27.9. The van der Waals surface area contributed by atoms with Crippen LogP contribution in [0.5, 0.6) is 0 Å². The Bertz CT molecular complexity index is 5710. The largest absolute Gasteiger partial charge is 0.318 e. The Balaban J connectivity index is 1.30. The van der Waals surface area contributed by atoms with Crippen molar-refractivity contribution in [1.82, 2.24) is 9.13 Å². The molecule has 4 heterocycles. The zero-order valence-corrected chi connectivity index (χ0v) is 39.8. The number of nitrogens with zero attached hydrogens (tertiary/aromatic N) is 4. The lowest BCUT2D eigenvalue weighted by Gasteiger charge is -2.26. The van der Waals surface area contributed by atoms with E-state index in [4.69, 9.17) is 8.22 Å². The van der Waals surface area contributed by atoms with Crippen LogP contribution in [-0.2, 0) is 0 Å². The van der Waals surface area contributed by atoms with Gasteiger partial charge in [-0.1, -0.05) is 194 Å². The zero-order chi connectivity index (χ0) is 64.7. The third-order valence-electron chi connectivity index (χ3n) is 13.8. The lowest BCUT2D eigenvalue weighted by molar-refractivity contribution is 1.14. The summed E-state index contributed by atoms with van der Waals surface area (Å²) < 4.78 is 175. The molecule has 15 aromatic rings. The second-order valence-electron chi connectivity index (χ2n) is 17.5. The van der Waals surface area contributed by atoms with Crippen LogP contribution in [0.2, 0.25) is 0 Å². The normalized spacial score (nSPS) is 15.2. The SMILES string of the molecule is [2H]c1c([2H])c([2H])c(-c2c(C#N)c(-n3c4c(ccc5c6cc(-c7ccccc7)ccc6sc54)c4ccc5c6cc(-c7ccccc7)ccc6sc5c43)c(-c3c([2H])c([2H])c([2H])c([2H])c3[2H])c(-n3c4c([2H])c([2H])c([2H])c([2H])c4c4c([2H])c([2H])c([2H])c([2H])c43)c2[N+]#[C-])c([2H])c1[2H]. The molecule has 0 saturated carbocycles. The summed E-state index contributed by atoms with van der Waals surface area (Å²) in [5, 5.41) is 15.7. The number of rotatable bonds is 6. The third kappa shape index (κ3) is 6.11. The van der Waals surface area contributed by atoms with E-state index >= 15 is 0 Å². The van der Waals surface area contributed by atoms with E-state index in [1.54, 1.807) is 4.57 Å². The summed E-state index contributed by atoms with van der Waals surface area (Å²) in [7, 11) is 0. The maximum absolute atomic E-state index is 12.5. The van der Waals surface area contributed by atoms with Gasteiger partial charge in [0.1, 0.15) is 6.07 Å². The van der Waals surface area contributed by atoms with E-state index in [1.165, 1.54) is 22.7 Å². The van der Waals surface area contributed by atoms with Crippen molar-refractivity contribution in [1.29, 1.82) is 5.26 Å². The first-order chi connectivity index (χ1) is 44.1. The first-order valence-electron chi connectivity index (χ1n) is 32.2. The number of nitriles is 1. The summed E-state index contributed by atoms with van der Waals surface area (Å²) in [6.07, 6.45) is 0. The van der Waals surface area contributed by atoms with Gasteiger partial charge in [-0.25, -0.2) is 4.85 Å². The summed E-state index contributed by atoms with van der Waals surface area (Å²) in [5.41, 5.74) is -1.93. The van der Waals surface area contributed by atoms with E-state index in [1.807, 2.05) is 109 Å². The molecular weight excluding hydrogens is 937 g/mol. The fourth-order valence-electron chi connectivity index (χ4n) is 10.7. The van der Waals surface area contributed by atoms with Gasteiger partial charge in [0.15, 0.2) is 0 Å². The molecule has 0 radical (unpaired) electrons. The monoisotopic (exact) mass is 992 g/mol. The van der Waals surface area contributed by atoms with Crippen molar-refractivity contribution in [2.75, 3.05) is 0 Å². The van der Waals surface area contributed by atoms with Gasteiger partial charge >= 0.3 is 0 Å². The summed E-state index contributed by atoms with van der Waals surface area (Å²) in [5.74, 6) is 0. The van der Waals surface area contributed by atoms with Gasteiger partial charge in [0.25, 0.3) is 0 Å². The molecule has 0 aliphatic heterocycles. The average molecular weight is 993 g/mol. The Morgan fingerprint density at radius 1 is 0.419 bits per heavy atom. The number of benzene rings is 11. The maximum atomic E-state index is 12.5. The minimum absolute atomic E-state index is 0.361. The molecule has 4 aromatic heterocycles. The molecule has 4 nitrogen and oxygen atoms in total. The van der Waals surface area contributed by atoms with Crippen LogP contribution in [0.4, 0.5) is 5.69 Å². The Morgan fingerprint density at radius 2 is 0.878 bits per heavy atom. The van der Waals surface area contributed by atoms with Gasteiger partial charge < -0.3 is 9.13 Å². The van der Waals surface area contributed by atoms with E-state index in [9.17, 15) is 28.3 Å². The summed E-state index contributed by atoms with van der Waals surface area (Å²) in [4.78, 5) is 4.05. The molecule has 0 unspecified atom stereocenters. The fraction of sp³-hybridized carbons (Fsp3) is 0. The molecular formula is C68H38N4S2. The molecule has 0 N–H and O–H groups in total. The molecule has 74 heavy (non-hydrogen) atoms. The highest BCUT2D eigenvalue weighted by Gasteiger charge is 2.33. The van der Waals surface area contributed by atoms with Crippen LogP contribution in [0.1, 0.15) is 30.2 Å². The predicted molar refractivity (Wildman–Crippen MR) is 314 cm³/mol. The summed E-state index contributed by atoms with van der Waals surface area (Å²) >= 11 is 2.77. The van der Waals surface area contributed by atoms with Crippen molar-refractivity contribution in [2.24, 2.45) is 0 Å². The van der Waals surface area contributed by atoms with Gasteiger partial charge in [0.2, 0.25) is 5.69 Å². The van der Waals surface area contributed by atoms with Crippen LogP contribution >= 0.6 is 22.7 Å². The average Bonchev–Trinajstić information content (AvgIpc) is 1.44. The van der Waals surface area contributed by atoms with E-state index in [-0.39, 0.29) is 0 Å². The lowest BCUT2D eigenvalue weighted by Crippen LogP contribution is -2.09. The smallest absolute Gasteiger partial charge is 0.220 e. The van der Waals surface area contributed by atoms with Crippen molar-refractivity contribution in [3.63, 3.8) is 0 Å². The molecule has 342 valence electrons. The van der Waals surface area contributed by atoms with Gasteiger partial charge in [-0.15, -0.1) is 22.7 Å². The van der Waals surface area contributed by atoms with Gasteiger partial charge in [0, 0.05) is 63.6 Å². The number of hydrogen-bond donors (Lipinski definition) is 0. The highest BCUT2D eigenvalue weighted by atomic mass is 32.1. The molecule has 0 atom stereocenters. The van der Waals surface area contributed by atoms with Crippen LogP contribution in [0.3, 0.4) is 0 Å². The second kappa shape index (κ2) is 16.5. The van der Waals surface area contributed by atoms with Crippen LogP contribution in [0, 0.1) is 17.9 Å². The van der Waals surface area contributed by atoms with Crippen LogP contribution in [-0.4, -0.2) is 9.13 Å². The van der Waals surface area contributed by atoms with Crippen molar-refractivity contribution < 1.29 is 24.7 Å². The lowest BCUT2D eigenvalue weighted by atomic mass is 9.88. The maximum Gasteiger partial charge on any atom is 0.220 e. The zero-order valence-electron chi connectivity index (χ0n) is 56.2. The quantitative estimate of drug-likeness (QED) is 0.153. The number of aromatic nitrogens is 2. The van der Waals surface area contributed by atoms with Crippen molar-refractivity contribution in [3.8, 4) is 62.0 Å². The minimum Gasteiger partial charge on any atom is -0.318 e. The molecule has 0 amide bonds. The number of fused-ring (bicyclic) bond motifs is 14. The van der Waals surface area contributed by atoms with Crippen LogP contribution in [0.25, 0.3) is 145 Å². The van der Waals surface area contributed by atoms with E-state index in [0.717, 1.165) is 47.0 Å². The van der Waals surface area contributed by atoms with Crippen molar-refractivity contribution in [2.45, 2.75) is 0 Å². The number of hydrogen-bond acceptors (Lipinski definition) is 3. The van der Waals surface area contributed by atoms with Crippen molar-refractivity contribution in [3.05, 3.63) is 247 Å². The summed E-state index contributed by atoms with van der Waals surface area (Å²) in [6, 6.07) is 26.1. The molecule has 0 spiro atoms. The van der Waals surface area contributed by atoms with Gasteiger partial charge in [-0.05, 0) is 69.7 Å². The Morgan fingerprint density at radius 3 is 1.36 bits per heavy atom. The van der Waals surface area contributed by atoms with Gasteiger partial charge in [-0.2, -0.15) is 5.26 Å². The van der Waals surface area contributed by atoms with E-state index in [0.29, 0.717) is 42.0 Å². The van der Waals surface area contributed by atoms with Crippen molar-refractivity contribution >= 4 is 112 Å². The number of para-hydroxylation sites is 2. The summed E-state index contributed by atoms with van der Waals surface area (Å²) in [6.45, 7) is 9.44. The Hall–Kier alpha value is -9.56.